The van der Waals surface area contributed by atoms with Crippen LogP contribution >= 0.6 is 11.3 Å². The molecule has 0 N–H and O–H groups in total. The molecule has 1 saturated carbocycles. The van der Waals surface area contributed by atoms with Gasteiger partial charge in [0.1, 0.15) is 0 Å². The molecular weight excluding hydrogens is 418 g/mol. The predicted molar refractivity (Wildman–Crippen MR) is 126 cm³/mol. The summed E-state index contributed by atoms with van der Waals surface area (Å²) in [6, 6.07) is 10.2. The van der Waals surface area contributed by atoms with Crippen LogP contribution in [0.25, 0.3) is 27.5 Å². The number of hydrogen-bond donors (Lipinski definition) is 0. The number of carbonyl (C=O) groups excluding carboxylic acids is 1. The van der Waals surface area contributed by atoms with Gasteiger partial charge in [0, 0.05) is 30.5 Å². The fraction of sp³-hybridized carbons (Fsp3) is 0.360. The van der Waals surface area contributed by atoms with Gasteiger partial charge in [-0.15, -0.1) is 11.3 Å². The third kappa shape index (κ3) is 3.41. The highest BCUT2D eigenvalue weighted by Crippen LogP contribution is 2.36. The minimum absolute atomic E-state index is 0.133. The van der Waals surface area contributed by atoms with Crippen LogP contribution in [0.15, 0.2) is 54.3 Å². The zero-order valence-electron chi connectivity index (χ0n) is 17.9. The largest absolute Gasteiger partial charge is 0.335 e. The highest BCUT2D eigenvalue weighted by Gasteiger charge is 2.36. The molecule has 5 heterocycles. The molecular formula is C25H25N5OS. The molecule has 1 saturated heterocycles. The van der Waals surface area contributed by atoms with E-state index in [0.29, 0.717) is 17.5 Å². The Morgan fingerprint density at radius 1 is 1.06 bits per heavy atom. The van der Waals surface area contributed by atoms with Gasteiger partial charge in [-0.2, -0.15) is 5.10 Å². The molecule has 2 atom stereocenters. The van der Waals surface area contributed by atoms with Crippen molar-refractivity contribution in [1.29, 1.82) is 0 Å². The summed E-state index contributed by atoms with van der Waals surface area (Å²) in [5.74, 6) is 0.802. The molecule has 7 heteroatoms. The molecule has 0 spiro atoms. The zero-order chi connectivity index (χ0) is 21.5. The monoisotopic (exact) mass is 443 g/mol. The molecule has 6 rings (SSSR count). The molecule has 4 aromatic heterocycles. The molecule has 32 heavy (non-hydrogen) atoms. The van der Waals surface area contributed by atoms with Gasteiger partial charge in [0.25, 0.3) is 5.91 Å². The van der Waals surface area contributed by atoms with Crippen molar-refractivity contribution in [3.63, 3.8) is 0 Å². The number of carbonyl (C=O) groups is 1. The van der Waals surface area contributed by atoms with Gasteiger partial charge < -0.3 is 4.90 Å². The summed E-state index contributed by atoms with van der Waals surface area (Å²) in [7, 11) is 0. The van der Waals surface area contributed by atoms with E-state index in [0.717, 1.165) is 46.9 Å². The van der Waals surface area contributed by atoms with E-state index in [1.54, 1.807) is 28.2 Å². The lowest BCUT2D eigenvalue weighted by molar-refractivity contribution is 0.0390. The molecule has 6 nitrogen and oxygen atoms in total. The molecule has 2 unspecified atom stereocenters. The first-order chi connectivity index (χ1) is 15.8. The fourth-order valence-corrected chi connectivity index (χ4v) is 6.06. The Labute approximate surface area is 190 Å². The van der Waals surface area contributed by atoms with Crippen molar-refractivity contribution in [2.75, 3.05) is 6.54 Å². The van der Waals surface area contributed by atoms with Crippen LogP contribution in [-0.2, 0) is 0 Å². The lowest BCUT2D eigenvalue weighted by Gasteiger charge is -2.44. The van der Waals surface area contributed by atoms with Crippen molar-refractivity contribution in [3.8, 4) is 21.8 Å². The van der Waals surface area contributed by atoms with Crippen molar-refractivity contribution in [3.05, 3.63) is 59.9 Å². The second-order valence-corrected chi connectivity index (χ2v) is 9.75. The maximum atomic E-state index is 13.5. The number of piperidine rings is 1. The summed E-state index contributed by atoms with van der Waals surface area (Å²) in [6.45, 7) is 0.861. The Morgan fingerprint density at radius 2 is 1.97 bits per heavy atom. The average molecular weight is 444 g/mol. The van der Waals surface area contributed by atoms with E-state index < -0.39 is 0 Å². The lowest BCUT2D eigenvalue weighted by Crippen LogP contribution is -2.49. The number of rotatable bonds is 3. The van der Waals surface area contributed by atoms with Crippen molar-refractivity contribution in [2.45, 2.75) is 44.6 Å². The molecule has 2 fully saturated rings. The van der Waals surface area contributed by atoms with E-state index in [9.17, 15) is 4.79 Å². The number of pyridine rings is 1. The van der Waals surface area contributed by atoms with Crippen molar-refractivity contribution < 1.29 is 4.79 Å². The number of fused-ring (bicyclic) bond motifs is 2. The quantitative estimate of drug-likeness (QED) is 0.430. The summed E-state index contributed by atoms with van der Waals surface area (Å²) in [4.78, 5) is 26.2. The first kappa shape index (κ1) is 19.6. The second kappa shape index (κ2) is 8.13. The number of aromatic nitrogens is 4. The topological polar surface area (TPSA) is 63.4 Å². The van der Waals surface area contributed by atoms with Gasteiger partial charge in [0.15, 0.2) is 5.65 Å². The van der Waals surface area contributed by atoms with Crippen LogP contribution in [0.2, 0.25) is 0 Å². The van der Waals surface area contributed by atoms with E-state index in [2.05, 4.69) is 21.0 Å². The summed E-state index contributed by atoms with van der Waals surface area (Å²) in [6.07, 6.45) is 12.7. The smallest absolute Gasteiger partial charge is 0.254 e. The fourth-order valence-electron chi connectivity index (χ4n) is 5.36. The summed E-state index contributed by atoms with van der Waals surface area (Å²) in [5, 5.41) is 6.51. The van der Waals surface area contributed by atoms with Gasteiger partial charge in [-0.05, 0) is 61.2 Å². The number of likely N-dealkylation sites (tertiary alicyclic amines) is 1. The second-order valence-electron chi connectivity index (χ2n) is 8.80. The van der Waals surface area contributed by atoms with E-state index in [1.165, 1.54) is 25.7 Å². The molecule has 0 aromatic carbocycles. The molecule has 1 aliphatic heterocycles. The zero-order valence-corrected chi connectivity index (χ0v) is 18.7. The minimum Gasteiger partial charge on any atom is -0.335 e. The molecule has 162 valence electrons. The van der Waals surface area contributed by atoms with Crippen LogP contribution in [-0.4, -0.2) is 43.0 Å². The van der Waals surface area contributed by atoms with Gasteiger partial charge in [-0.25, -0.2) is 9.50 Å². The van der Waals surface area contributed by atoms with Gasteiger partial charge in [-0.3, -0.25) is 9.78 Å². The Bertz CT molecular complexity index is 1260. The first-order valence-corrected chi connectivity index (χ1v) is 12.3. The molecule has 1 amide bonds. The summed E-state index contributed by atoms with van der Waals surface area (Å²) in [5.41, 5.74) is 3.94. The third-order valence-corrected chi connectivity index (χ3v) is 7.82. The SMILES string of the molecule is O=C(c1ccnc(-c2cnn3ccc(-c4cccs4)nc23)c1)N1CCCC2CCCCC21. The normalized spacial score (nSPS) is 20.9. The molecule has 4 aromatic rings. The number of nitrogens with zero attached hydrogens (tertiary/aromatic N) is 5. The van der Waals surface area contributed by atoms with Crippen LogP contribution in [0.5, 0.6) is 0 Å². The van der Waals surface area contributed by atoms with Crippen LogP contribution in [0.4, 0.5) is 0 Å². The maximum absolute atomic E-state index is 13.5. The van der Waals surface area contributed by atoms with Crippen LogP contribution in [0.3, 0.4) is 0 Å². The van der Waals surface area contributed by atoms with Crippen LogP contribution in [0.1, 0.15) is 48.9 Å². The Hall–Kier alpha value is -3.06. The Balaban J connectivity index is 1.34. The Kier molecular flexibility index (Phi) is 4.98. The van der Waals surface area contributed by atoms with E-state index in [1.807, 2.05) is 35.8 Å². The van der Waals surface area contributed by atoms with Gasteiger partial charge in [0.2, 0.25) is 0 Å². The van der Waals surface area contributed by atoms with E-state index in [-0.39, 0.29) is 5.91 Å². The number of thiophene rings is 1. The average Bonchev–Trinajstić information content (AvgIpc) is 3.53. The molecule has 2 aliphatic rings. The standard InChI is InChI=1S/C25H25N5OS/c31-25(29-12-3-6-17-5-1-2-7-22(17)29)18-9-11-26-21(15-18)19-16-27-30-13-10-20(28-24(19)30)23-8-4-14-32-23/h4,8-11,13-17,22H,1-3,5-7,12H2. The number of amides is 1. The van der Waals surface area contributed by atoms with E-state index in [4.69, 9.17) is 4.98 Å². The molecule has 0 bridgehead atoms. The van der Waals surface area contributed by atoms with Crippen molar-refractivity contribution in [1.82, 2.24) is 24.5 Å². The summed E-state index contributed by atoms with van der Waals surface area (Å²) < 4.78 is 1.76. The van der Waals surface area contributed by atoms with Gasteiger partial charge in [0.05, 0.1) is 28.0 Å². The molecule has 0 radical (unpaired) electrons. The van der Waals surface area contributed by atoms with Crippen LogP contribution < -0.4 is 0 Å². The predicted octanol–water partition coefficient (Wildman–Crippen LogP) is 5.31. The van der Waals surface area contributed by atoms with Gasteiger partial charge in [-0.1, -0.05) is 18.9 Å². The highest BCUT2D eigenvalue weighted by molar-refractivity contribution is 7.13. The van der Waals surface area contributed by atoms with Crippen molar-refractivity contribution in [2.24, 2.45) is 5.92 Å². The highest BCUT2D eigenvalue weighted by atomic mass is 32.1. The maximum Gasteiger partial charge on any atom is 0.254 e. The van der Waals surface area contributed by atoms with E-state index >= 15 is 0 Å². The van der Waals surface area contributed by atoms with Gasteiger partial charge >= 0.3 is 0 Å². The molecule has 1 aliphatic carbocycles. The first-order valence-electron chi connectivity index (χ1n) is 11.4. The third-order valence-electron chi connectivity index (χ3n) is 6.93. The van der Waals surface area contributed by atoms with Crippen molar-refractivity contribution >= 4 is 22.9 Å². The number of hydrogen-bond acceptors (Lipinski definition) is 5. The lowest BCUT2D eigenvalue weighted by atomic mass is 9.78. The Morgan fingerprint density at radius 3 is 2.88 bits per heavy atom. The van der Waals surface area contributed by atoms with Crippen LogP contribution in [0, 0.1) is 5.92 Å². The minimum atomic E-state index is 0.133. The summed E-state index contributed by atoms with van der Waals surface area (Å²) >= 11 is 1.66.